The van der Waals surface area contributed by atoms with Gasteiger partial charge in [-0.05, 0) is 56.9 Å². The number of rotatable bonds is 21. The molecular formula is C33H49N4O11P. The Bertz CT molecular complexity index is 1310. The van der Waals surface area contributed by atoms with Gasteiger partial charge in [0.25, 0.3) is 0 Å². The van der Waals surface area contributed by atoms with E-state index in [-0.39, 0.29) is 43.5 Å². The Morgan fingerprint density at radius 2 is 1.41 bits per heavy atom. The Hall–Kier alpha value is -3.94. The van der Waals surface area contributed by atoms with E-state index in [9.17, 15) is 33.3 Å². The maximum atomic E-state index is 13.8. The average Bonchev–Trinajstić information content (AvgIpc) is 3.78. The molecule has 272 valence electrons. The zero-order valence-electron chi connectivity index (χ0n) is 29.1. The zero-order chi connectivity index (χ0) is 36.7. The molecule has 0 unspecified atom stereocenters. The van der Waals surface area contributed by atoms with Gasteiger partial charge in [0.15, 0.2) is 5.78 Å². The molecule has 0 aromatic heterocycles. The molecule has 4 N–H and O–H groups in total. The van der Waals surface area contributed by atoms with Crippen LogP contribution in [0.2, 0.25) is 0 Å². The number of nitrogens with one attached hydrogen (secondary N) is 4. The Kier molecular flexibility index (Phi) is 16.8. The molecule has 1 aliphatic rings. The molecule has 1 aliphatic heterocycles. The number of hydrogen-bond donors (Lipinski definition) is 4. The van der Waals surface area contributed by atoms with Crippen molar-refractivity contribution in [3.63, 3.8) is 0 Å². The highest BCUT2D eigenvalue weighted by Crippen LogP contribution is 2.29. The van der Waals surface area contributed by atoms with Gasteiger partial charge >= 0.3 is 14.8 Å². The predicted octanol–water partition coefficient (Wildman–Crippen LogP) is 2.75. The average molecular weight is 709 g/mol. The van der Waals surface area contributed by atoms with Crippen molar-refractivity contribution < 1.29 is 52.1 Å². The quantitative estimate of drug-likeness (QED) is 0.0480. The van der Waals surface area contributed by atoms with Gasteiger partial charge in [-0.2, -0.15) is 0 Å². The van der Waals surface area contributed by atoms with E-state index < -0.39 is 81.1 Å². The van der Waals surface area contributed by atoms with Crippen molar-refractivity contribution in [2.75, 3.05) is 13.4 Å². The van der Waals surface area contributed by atoms with Crippen molar-refractivity contribution in [2.24, 2.45) is 11.8 Å². The monoisotopic (exact) mass is 708 g/mol. The van der Waals surface area contributed by atoms with Crippen LogP contribution in [0.1, 0.15) is 73.3 Å². The van der Waals surface area contributed by atoms with Gasteiger partial charge < -0.3 is 35.5 Å². The molecule has 16 heteroatoms. The first-order valence-electron chi connectivity index (χ1n) is 16.2. The fraction of sp³-hybridized carbons (Fsp3) is 0.636. The molecule has 1 aromatic rings. The molecule has 2 rings (SSSR count). The van der Waals surface area contributed by atoms with Crippen LogP contribution in [0.4, 0.5) is 4.79 Å². The van der Waals surface area contributed by atoms with Gasteiger partial charge in [0.05, 0.1) is 12.6 Å². The van der Waals surface area contributed by atoms with Crippen LogP contribution in [0.3, 0.4) is 0 Å². The summed E-state index contributed by atoms with van der Waals surface area (Å²) >= 11 is 0. The first kappa shape index (κ1) is 41.2. The van der Waals surface area contributed by atoms with Gasteiger partial charge in [0, 0.05) is 6.92 Å². The summed E-state index contributed by atoms with van der Waals surface area (Å²) in [4.78, 5) is 78.5. The van der Waals surface area contributed by atoms with E-state index >= 15 is 0 Å². The standard InChI is InChI=1S/C33H49N4O11P/c1-19(2)15-25(28(39)33(7)17-46-33)35-31(42)27(21(5)48-32(43)45-18-47-49-44)37-30(41)26(16-20(3)4)36-29(40)24(34-22(6)38)14-13-23-11-9-8-10-12-23/h8-12,19-21,24-27H,13-18H2,1-7H3,(H,34,38)(H,35,42)(H,36,40)(H,37,41)/t21-,24+,25+,26+,27+,33-/m1/s1. The van der Waals surface area contributed by atoms with Crippen LogP contribution in [0.15, 0.2) is 30.3 Å². The third-order valence-electron chi connectivity index (χ3n) is 7.65. The van der Waals surface area contributed by atoms with Gasteiger partial charge in [0.1, 0.15) is 29.8 Å². The molecule has 0 bridgehead atoms. The van der Waals surface area contributed by atoms with Gasteiger partial charge in [0.2, 0.25) is 30.4 Å². The highest BCUT2D eigenvalue weighted by Gasteiger charge is 2.50. The van der Waals surface area contributed by atoms with Crippen molar-refractivity contribution in [3.05, 3.63) is 35.9 Å². The molecule has 1 fully saturated rings. The Morgan fingerprint density at radius 3 is 1.96 bits per heavy atom. The van der Waals surface area contributed by atoms with E-state index in [0.717, 1.165) is 5.56 Å². The van der Waals surface area contributed by atoms with E-state index in [1.54, 1.807) is 6.92 Å². The lowest BCUT2D eigenvalue weighted by atomic mass is 9.93. The molecule has 6 atom stereocenters. The molecule has 1 aromatic carbocycles. The van der Waals surface area contributed by atoms with E-state index in [4.69, 9.17) is 9.47 Å². The third-order valence-corrected chi connectivity index (χ3v) is 7.86. The zero-order valence-corrected chi connectivity index (χ0v) is 30.0. The number of epoxide rings is 1. The largest absolute Gasteiger partial charge is 0.510 e. The van der Waals surface area contributed by atoms with Crippen LogP contribution in [0.25, 0.3) is 0 Å². The fourth-order valence-corrected chi connectivity index (χ4v) is 5.12. The number of hydrogen-bond acceptors (Lipinski definition) is 11. The van der Waals surface area contributed by atoms with Crippen molar-refractivity contribution in [2.45, 2.75) is 110 Å². The summed E-state index contributed by atoms with van der Waals surface area (Å²) in [7, 11) is -0.735. The summed E-state index contributed by atoms with van der Waals surface area (Å²) in [5.41, 5.74) is -0.0881. The third kappa shape index (κ3) is 14.6. The number of ketones is 1. The lowest BCUT2D eigenvalue weighted by Crippen LogP contribution is -2.61. The van der Waals surface area contributed by atoms with Crippen LogP contribution in [-0.2, 0) is 53.7 Å². The Labute approximate surface area is 288 Å². The van der Waals surface area contributed by atoms with E-state index in [1.165, 1.54) is 13.8 Å². The molecule has 1 heterocycles. The number of carbonyl (C=O) groups is 6. The summed E-state index contributed by atoms with van der Waals surface area (Å²) in [6.07, 6.45) is -1.46. The van der Waals surface area contributed by atoms with Crippen LogP contribution in [-0.4, -0.2) is 84.8 Å². The second-order valence-electron chi connectivity index (χ2n) is 13.1. The molecule has 1 saturated heterocycles. The van der Waals surface area contributed by atoms with Crippen LogP contribution in [0, 0.1) is 11.8 Å². The minimum absolute atomic E-state index is 0.00215. The molecule has 0 saturated carbocycles. The molecule has 49 heavy (non-hydrogen) atoms. The van der Waals surface area contributed by atoms with Crippen molar-refractivity contribution >= 4 is 44.3 Å². The Morgan fingerprint density at radius 1 is 0.837 bits per heavy atom. The highest BCUT2D eigenvalue weighted by molar-refractivity contribution is 7.17. The van der Waals surface area contributed by atoms with Gasteiger partial charge in [-0.25, -0.2) is 9.36 Å². The number of Topliss-reactive ketones (excluding diaryl/α,β-unsaturated/α-hetero) is 1. The summed E-state index contributed by atoms with van der Waals surface area (Å²) in [6.45, 7) is 11.2. The SMILES string of the molecule is CC(=O)N[C@@H](CCc1ccccc1)C(=O)N[C@@H](CC(C)C)C(=O)N[C@H](C(=O)N[C@@H](CC(C)C)C(=O)[C@@]1(C)CO1)[C@@H](C)OC(=O)OCOP=O. The van der Waals surface area contributed by atoms with Crippen LogP contribution < -0.4 is 21.3 Å². The van der Waals surface area contributed by atoms with Crippen molar-refractivity contribution in [1.29, 1.82) is 0 Å². The minimum Gasteiger partial charge on any atom is -0.428 e. The number of ether oxygens (including phenoxy) is 3. The molecule has 4 amide bonds. The van der Waals surface area contributed by atoms with Crippen LogP contribution >= 0.6 is 8.69 Å². The topological polar surface area (TPSA) is 208 Å². The number of carbonyl (C=O) groups excluding carboxylic acids is 6. The number of benzene rings is 1. The van der Waals surface area contributed by atoms with Gasteiger partial charge in [-0.15, -0.1) is 0 Å². The molecular weight excluding hydrogens is 659 g/mol. The maximum Gasteiger partial charge on any atom is 0.510 e. The van der Waals surface area contributed by atoms with Gasteiger partial charge in [-0.1, -0.05) is 58.0 Å². The summed E-state index contributed by atoms with van der Waals surface area (Å²) in [5.74, 6) is -3.07. The van der Waals surface area contributed by atoms with E-state index in [1.807, 2.05) is 58.0 Å². The maximum absolute atomic E-state index is 13.8. The Balaban J connectivity index is 2.31. The molecule has 0 spiro atoms. The highest BCUT2D eigenvalue weighted by atomic mass is 31.1. The second kappa shape index (κ2) is 19.9. The first-order valence-corrected chi connectivity index (χ1v) is 17.0. The lowest BCUT2D eigenvalue weighted by Gasteiger charge is -2.30. The first-order chi connectivity index (χ1) is 23.1. The summed E-state index contributed by atoms with van der Waals surface area (Å²) in [5, 5.41) is 10.6. The summed E-state index contributed by atoms with van der Waals surface area (Å²) < 4.78 is 30.1. The molecule has 0 aliphatic carbocycles. The molecule has 15 nitrogen and oxygen atoms in total. The second-order valence-corrected chi connectivity index (χ2v) is 13.5. The van der Waals surface area contributed by atoms with Crippen molar-refractivity contribution in [1.82, 2.24) is 21.3 Å². The van der Waals surface area contributed by atoms with E-state index in [2.05, 4.69) is 30.5 Å². The van der Waals surface area contributed by atoms with Gasteiger partial charge in [-0.3, -0.25) is 28.5 Å². The summed E-state index contributed by atoms with van der Waals surface area (Å²) in [6, 6.07) is 4.75. The minimum atomic E-state index is -1.55. The normalized spacial score (nSPS) is 18.4. The van der Waals surface area contributed by atoms with Crippen molar-refractivity contribution in [3.8, 4) is 0 Å². The predicted molar refractivity (Wildman–Crippen MR) is 177 cm³/mol. The number of amides is 4. The smallest absolute Gasteiger partial charge is 0.428 e. The molecule has 0 radical (unpaired) electrons. The fourth-order valence-electron chi connectivity index (χ4n) is 5.03. The lowest BCUT2D eigenvalue weighted by molar-refractivity contribution is -0.137. The number of aryl methyl sites for hydroxylation is 1. The van der Waals surface area contributed by atoms with E-state index in [0.29, 0.717) is 6.42 Å². The van der Waals surface area contributed by atoms with Crippen LogP contribution in [0.5, 0.6) is 0 Å².